The van der Waals surface area contributed by atoms with Crippen LogP contribution in [0, 0.1) is 6.92 Å². The van der Waals surface area contributed by atoms with Gasteiger partial charge in [0.05, 0.1) is 6.10 Å². The summed E-state index contributed by atoms with van der Waals surface area (Å²) in [4.78, 5) is 0. The Bertz CT molecular complexity index is 493. The second-order valence-corrected chi connectivity index (χ2v) is 4.75. The minimum Gasteiger partial charge on any atom is -0.387 e. The number of aliphatic hydroxyl groups excluding tert-OH is 1. The van der Waals surface area contributed by atoms with Gasteiger partial charge in [0.15, 0.2) is 0 Å². The van der Waals surface area contributed by atoms with Crippen molar-refractivity contribution in [2.75, 3.05) is 11.9 Å². The van der Waals surface area contributed by atoms with E-state index in [-0.39, 0.29) is 0 Å². The van der Waals surface area contributed by atoms with E-state index in [1.54, 1.807) is 12.1 Å². The van der Waals surface area contributed by atoms with Crippen LogP contribution in [0.15, 0.2) is 48.5 Å². The number of hydrogen-bond donors (Lipinski definition) is 2. The van der Waals surface area contributed by atoms with Gasteiger partial charge < -0.3 is 10.4 Å². The molecule has 0 aliphatic carbocycles. The van der Waals surface area contributed by atoms with Crippen molar-refractivity contribution in [1.29, 1.82) is 0 Å². The highest BCUT2D eigenvalue weighted by molar-refractivity contribution is 6.30. The van der Waals surface area contributed by atoms with E-state index in [2.05, 4.69) is 5.32 Å². The third-order valence-corrected chi connectivity index (χ3v) is 3.06. The molecule has 1 atom stereocenters. The maximum Gasteiger partial charge on any atom is 0.0962 e. The summed E-state index contributed by atoms with van der Waals surface area (Å²) >= 11 is 5.81. The molecule has 2 aromatic rings. The van der Waals surface area contributed by atoms with Crippen molar-refractivity contribution in [2.24, 2.45) is 0 Å². The molecule has 0 fully saturated rings. The number of rotatable bonds is 4. The maximum absolute atomic E-state index is 10.0. The van der Waals surface area contributed by atoms with Gasteiger partial charge in [0, 0.05) is 17.3 Å². The average molecular weight is 262 g/mol. The number of anilines is 1. The lowest BCUT2D eigenvalue weighted by Crippen LogP contribution is -2.11. The zero-order valence-electron chi connectivity index (χ0n) is 10.2. The average Bonchev–Trinajstić information content (AvgIpc) is 2.38. The van der Waals surface area contributed by atoms with Gasteiger partial charge >= 0.3 is 0 Å². The van der Waals surface area contributed by atoms with Gasteiger partial charge in [0.1, 0.15) is 0 Å². The van der Waals surface area contributed by atoms with Gasteiger partial charge in [0.25, 0.3) is 0 Å². The quantitative estimate of drug-likeness (QED) is 0.878. The van der Waals surface area contributed by atoms with E-state index in [1.165, 1.54) is 5.56 Å². The topological polar surface area (TPSA) is 32.3 Å². The van der Waals surface area contributed by atoms with Gasteiger partial charge in [-0.15, -0.1) is 0 Å². The Morgan fingerprint density at radius 1 is 1.06 bits per heavy atom. The Hall–Kier alpha value is -1.51. The summed E-state index contributed by atoms with van der Waals surface area (Å²) in [5.41, 5.74) is 3.09. The fraction of sp³-hybridized carbons (Fsp3) is 0.200. The number of benzene rings is 2. The molecule has 18 heavy (non-hydrogen) atoms. The van der Waals surface area contributed by atoms with Crippen molar-refractivity contribution >= 4 is 17.3 Å². The van der Waals surface area contributed by atoms with Crippen LogP contribution in [-0.2, 0) is 0 Å². The van der Waals surface area contributed by atoms with E-state index >= 15 is 0 Å². The molecule has 0 saturated heterocycles. The second-order valence-electron chi connectivity index (χ2n) is 4.31. The Balaban J connectivity index is 1.93. The number of nitrogens with one attached hydrogen (secondary N) is 1. The first-order valence-electron chi connectivity index (χ1n) is 5.89. The molecule has 0 aliphatic rings. The van der Waals surface area contributed by atoms with Crippen LogP contribution in [0.25, 0.3) is 0 Å². The molecule has 0 aliphatic heterocycles. The zero-order chi connectivity index (χ0) is 13.0. The molecule has 0 amide bonds. The van der Waals surface area contributed by atoms with Crippen LogP contribution in [-0.4, -0.2) is 11.7 Å². The fourth-order valence-electron chi connectivity index (χ4n) is 1.69. The first kappa shape index (κ1) is 12.9. The van der Waals surface area contributed by atoms with Gasteiger partial charge in [0.2, 0.25) is 0 Å². The largest absolute Gasteiger partial charge is 0.387 e. The van der Waals surface area contributed by atoms with Crippen LogP contribution >= 0.6 is 11.6 Å². The van der Waals surface area contributed by atoms with Crippen LogP contribution in [0.5, 0.6) is 0 Å². The van der Waals surface area contributed by atoms with Crippen molar-refractivity contribution in [3.05, 3.63) is 64.7 Å². The minimum atomic E-state index is -0.538. The lowest BCUT2D eigenvalue weighted by atomic mass is 10.1. The third kappa shape index (κ3) is 3.49. The van der Waals surface area contributed by atoms with Crippen molar-refractivity contribution in [3.63, 3.8) is 0 Å². The molecule has 0 aromatic heterocycles. The van der Waals surface area contributed by atoms with E-state index in [1.807, 2.05) is 43.3 Å². The molecule has 0 unspecified atom stereocenters. The lowest BCUT2D eigenvalue weighted by Gasteiger charge is -2.13. The Labute approximate surface area is 112 Å². The third-order valence-electron chi connectivity index (χ3n) is 2.81. The number of aliphatic hydroxyl groups is 1. The monoisotopic (exact) mass is 261 g/mol. The van der Waals surface area contributed by atoms with Crippen molar-refractivity contribution < 1.29 is 5.11 Å². The molecule has 0 radical (unpaired) electrons. The van der Waals surface area contributed by atoms with Crippen molar-refractivity contribution in [3.8, 4) is 0 Å². The van der Waals surface area contributed by atoms with Gasteiger partial charge in [-0.2, -0.15) is 0 Å². The molecule has 2 N–H and O–H groups in total. The number of halogens is 1. The molecule has 2 aromatic carbocycles. The first-order chi connectivity index (χ1) is 8.65. The normalized spacial score (nSPS) is 12.2. The predicted molar refractivity (Wildman–Crippen MR) is 76.1 cm³/mol. The summed E-state index contributed by atoms with van der Waals surface area (Å²) in [6, 6.07) is 15.3. The Morgan fingerprint density at radius 3 is 2.28 bits per heavy atom. The molecule has 3 heteroatoms. The predicted octanol–water partition coefficient (Wildman–Crippen LogP) is 3.79. The van der Waals surface area contributed by atoms with Crippen LogP contribution in [0.1, 0.15) is 17.2 Å². The number of hydrogen-bond acceptors (Lipinski definition) is 2. The van der Waals surface area contributed by atoms with E-state index in [0.717, 1.165) is 11.3 Å². The molecular formula is C15H16ClNO. The standard InChI is InChI=1S/C15H16ClNO/c1-11-2-8-14(9-3-11)17-10-15(18)12-4-6-13(16)7-5-12/h2-9,15,17-18H,10H2,1H3/t15-/m0/s1. The molecule has 0 bridgehead atoms. The van der Waals surface area contributed by atoms with Gasteiger partial charge in [-0.1, -0.05) is 41.4 Å². The molecule has 0 spiro atoms. The highest BCUT2D eigenvalue weighted by Gasteiger charge is 2.06. The maximum atomic E-state index is 10.0. The van der Waals surface area contributed by atoms with Crippen LogP contribution in [0.3, 0.4) is 0 Å². The SMILES string of the molecule is Cc1ccc(NC[C@H](O)c2ccc(Cl)cc2)cc1. The first-order valence-corrected chi connectivity index (χ1v) is 6.27. The molecule has 2 nitrogen and oxygen atoms in total. The lowest BCUT2D eigenvalue weighted by molar-refractivity contribution is 0.191. The molecule has 0 saturated carbocycles. The summed E-state index contributed by atoms with van der Waals surface area (Å²) in [5, 5.41) is 13.9. The number of aryl methyl sites for hydroxylation is 1. The molecule has 2 rings (SSSR count). The summed E-state index contributed by atoms with van der Waals surface area (Å²) in [6.45, 7) is 2.52. The van der Waals surface area contributed by atoms with Crippen molar-refractivity contribution in [1.82, 2.24) is 0 Å². The van der Waals surface area contributed by atoms with E-state index in [9.17, 15) is 5.11 Å². The van der Waals surface area contributed by atoms with Crippen molar-refractivity contribution in [2.45, 2.75) is 13.0 Å². The smallest absolute Gasteiger partial charge is 0.0962 e. The van der Waals surface area contributed by atoms with Crippen LogP contribution in [0.2, 0.25) is 5.02 Å². The van der Waals surface area contributed by atoms with E-state index in [0.29, 0.717) is 11.6 Å². The van der Waals surface area contributed by atoms with E-state index in [4.69, 9.17) is 11.6 Å². The van der Waals surface area contributed by atoms with Gasteiger partial charge in [-0.05, 0) is 36.8 Å². The summed E-state index contributed by atoms with van der Waals surface area (Å²) in [5.74, 6) is 0. The van der Waals surface area contributed by atoms with Gasteiger partial charge in [-0.25, -0.2) is 0 Å². The van der Waals surface area contributed by atoms with E-state index < -0.39 is 6.10 Å². The zero-order valence-corrected chi connectivity index (χ0v) is 11.0. The minimum absolute atomic E-state index is 0.477. The Kier molecular flexibility index (Phi) is 4.24. The summed E-state index contributed by atoms with van der Waals surface area (Å²) < 4.78 is 0. The Morgan fingerprint density at radius 2 is 1.67 bits per heavy atom. The molecule has 0 heterocycles. The second kappa shape index (κ2) is 5.89. The highest BCUT2D eigenvalue weighted by Crippen LogP contribution is 2.17. The molecular weight excluding hydrogens is 246 g/mol. The highest BCUT2D eigenvalue weighted by atomic mass is 35.5. The summed E-state index contributed by atoms with van der Waals surface area (Å²) in [6.07, 6.45) is -0.538. The molecule has 94 valence electrons. The van der Waals surface area contributed by atoms with Gasteiger partial charge in [-0.3, -0.25) is 0 Å². The van der Waals surface area contributed by atoms with Crippen LogP contribution in [0.4, 0.5) is 5.69 Å². The fourth-order valence-corrected chi connectivity index (χ4v) is 1.81. The summed E-state index contributed by atoms with van der Waals surface area (Å²) in [7, 11) is 0. The van der Waals surface area contributed by atoms with Crippen LogP contribution < -0.4 is 5.32 Å².